The van der Waals surface area contributed by atoms with Gasteiger partial charge in [0.15, 0.2) is 5.16 Å². The zero-order chi connectivity index (χ0) is 17.6. The van der Waals surface area contributed by atoms with Crippen LogP contribution in [0.3, 0.4) is 0 Å². The maximum Gasteiger partial charge on any atom is 0.262 e. The molecule has 5 nitrogen and oxygen atoms in total. The Morgan fingerprint density at radius 1 is 1.32 bits per heavy atom. The molecule has 4 heterocycles. The molecule has 0 spiro atoms. The largest absolute Gasteiger partial charge is 0.337 e. The number of rotatable bonds is 3. The second-order valence-electron chi connectivity index (χ2n) is 6.04. The molecule has 1 unspecified atom stereocenters. The zero-order valence-corrected chi connectivity index (χ0v) is 16.3. The molecule has 3 aromatic rings. The Balaban J connectivity index is 1.54. The van der Waals surface area contributed by atoms with Gasteiger partial charge in [-0.1, -0.05) is 11.8 Å². The van der Waals surface area contributed by atoms with Gasteiger partial charge >= 0.3 is 0 Å². The van der Waals surface area contributed by atoms with E-state index in [0.29, 0.717) is 17.1 Å². The van der Waals surface area contributed by atoms with E-state index < -0.39 is 0 Å². The van der Waals surface area contributed by atoms with Crippen molar-refractivity contribution in [3.8, 4) is 0 Å². The van der Waals surface area contributed by atoms with E-state index in [0.717, 1.165) is 17.8 Å². The summed E-state index contributed by atoms with van der Waals surface area (Å²) in [7, 11) is 1.71. The summed E-state index contributed by atoms with van der Waals surface area (Å²) in [6, 6.07) is 3.90. The standard InChI is InChI=1S/C17H17N3O2S3/c1-10(15(21)20-6-3-13-11(9-20)4-7-23-13)25-17-18-14-12(5-8-24-14)16(22)19(17)2/h4-5,7-8,10H,3,6,9H2,1-2H3. The van der Waals surface area contributed by atoms with Gasteiger partial charge in [0, 0.05) is 25.0 Å². The number of thioether (sulfide) groups is 1. The highest BCUT2D eigenvalue weighted by molar-refractivity contribution is 8.00. The molecule has 3 aromatic heterocycles. The van der Waals surface area contributed by atoms with Crippen LogP contribution in [0.5, 0.6) is 0 Å². The predicted octanol–water partition coefficient (Wildman–Crippen LogP) is 3.12. The van der Waals surface area contributed by atoms with Crippen LogP contribution in [-0.4, -0.2) is 32.2 Å². The van der Waals surface area contributed by atoms with Crippen LogP contribution in [-0.2, 0) is 24.8 Å². The van der Waals surface area contributed by atoms with Crippen molar-refractivity contribution >= 4 is 50.6 Å². The summed E-state index contributed by atoms with van der Waals surface area (Å²) in [6.45, 7) is 3.33. The van der Waals surface area contributed by atoms with Crippen molar-refractivity contribution in [1.29, 1.82) is 0 Å². The normalized spacial score (nSPS) is 15.4. The average Bonchev–Trinajstić information content (AvgIpc) is 3.26. The van der Waals surface area contributed by atoms with E-state index in [-0.39, 0.29) is 16.7 Å². The van der Waals surface area contributed by atoms with Gasteiger partial charge in [0.2, 0.25) is 5.91 Å². The summed E-state index contributed by atoms with van der Waals surface area (Å²) in [5.74, 6) is 0.0994. The fourth-order valence-corrected chi connectivity index (χ4v) is 5.64. The van der Waals surface area contributed by atoms with Gasteiger partial charge in [-0.05, 0) is 41.8 Å². The molecule has 0 aliphatic carbocycles. The van der Waals surface area contributed by atoms with Crippen molar-refractivity contribution in [1.82, 2.24) is 14.5 Å². The van der Waals surface area contributed by atoms with E-state index >= 15 is 0 Å². The number of thiophene rings is 2. The van der Waals surface area contributed by atoms with Gasteiger partial charge in [0.25, 0.3) is 5.56 Å². The van der Waals surface area contributed by atoms with Gasteiger partial charge in [0.1, 0.15) is 4.83 Å². The first kappa shape index (κ1) is 16.8. The van der Waals surface area contributed by atoms with Crippen LogP contribution in [0.1, 0.15) is 17.4 Å². The van der Waals surface area contributed by atoms with Crippen LogP contribution in [0.15, 0.2) is 32.8 Å². The molecular weight excluding hydrogens is 374 g/mol. The van der Waals surface area contributed by atoms with E-state index in [9.17, 15) is 9.59 Å². The second-order valence-corrected chi connectivity index (χ2v) is 9.24. The van der Waals surface area contributed by atoms with Gasteiger partial charge in [0.05, 0.1) is 10.6 Å². The lowest BCUT2D eigenvalue weighted by Gasteiger charge is -2.29. The van der Waals surface area contributed by atoms with Gasteiger partial charge in [-0.2, -0.15) is 0 Å². The summed E-state index contributed by atoms with van der Waals surface area (Å²) < 4.78 is 1.54. The third-order valence-corrected chi connectivity index (χ3v) is 7.37. The van der Waals surface area contributed by atoms with Gasteiger partial charge in [-0.25, -0.2) is 4.98 Å². The first-order valence-electron chi connectivity index (χ1n) is 7.99. The molecule has 0 saturated heterocycles. The molecule has 0 aromatic carbocycles. The number of fused-ring (bicyclic) bond motifs is 2. The van der Waals surface area contributed by atoms with Crippen molar-refractivity contribution < 1.29 is 4.79 Å². The van der Waals surface area contributed by atoms with Crippen LogP contribution in [0.4, 0.5) is 0 Å². The Kier molecular flexibility index (Phi) is 4.43. The minimum absolute atomic E-state index is 0.0608. The van der Waals surface area contributed by atoms with Crippen LogP contribution in [0, 0.1) is 0 Å². The monoisotopic (exact) mass is 391 g/mol. The molecule has 0 saturated carbocycles. The summed E-state index contributed by atoms with van der Waals surface area (Å²) in [5, 5.41) is 4.91. The maximum atomic E-state index is 12.8. The summed E-state index contributed by atoms with van der Waals surface area (Å²) in [4.78, 5) is 33.8. The predicted molar refractivity (Wildman–Crippen MR) is 104 cm³/mol. The number of carbonyl (C=O) groups is 1. The number of nitrogens with zero attached hydrogens (tertiary/aromatic N) is 3. The molecule has 1 aliphatic heterocycles. The third kappa shape index (κ3) is 3.02. The smallest absolute Gasteiger partial charge is 0.262 e. The molecule has 1 amide bonds. The van der Waals surface area contributed by atoms with Crippen LogP contribution in [0.25, 0.3) is 10.2 Å². The molecule has 1 aliphatic rings. The maximum absolute atomic E-state index is 12.8. The lowest BCUT2D eigenvalue weighted by atomic mass is 10.1. The zero-order valence-electron chi connectivity index (χ0n) is 13.9. The number of amides is 1. The molecular formula is C17H17N3O2S3. The minimum Gasteiger partial charge on any atom is -0.337 e. The Bertz CT molecular complexity index is 1000. The first-order valence-corrected chi connectivity index (χ1v) is 10.6. The Morgan fingerprint density at radius 3 is 2.96 bits per heavy atom. The lowest BCUT2D eigenvalue weighted by molar-refractivity contribution is -0.131. The highest BCUT2D eigenvalue weighted by Crippen LogP contribution is 2.28. The van der Waals surface area contributed by atoms with Crippen molar-refractivity contribution in [3.05, 3.63) is 43.7 Å². The summed E-state index contributed by atoms with van der Waals surface area (Å²) >= 11 is 4.57. The number of hydrogen-bond donors (Lipinski definition) is 0. The molecule has 0 bridgehead atoms. The van der Waals surface area contributed by atoms with Gasteiger partial charge in [-0.3, -0.25) is 14.2 Å². The van der Waals surface area contributed by atoms with Crippen LogP contribution < -0.4 is 5.56 Å². The fraction of sp³-hybridized carbons (Fsp3) is 0.353. The molecule has 0 fully saturated rings. The molecule has 25 heavy (non-hydrogen) atoms. The average molecular weight is 392 g/mol. The van der Waals surface area contributed by atoms with E-state index in [4.69, 9.17) is 0 Å². The number of carbonyl (C=O) groups excluding carboxylic acids is 1. The summed E-state index contributed by atoms with van der Waals surface area (Å²) in [6.07, 6.45) is 0.925. The van der Waals surface area contributed by atoms with Crippen molar-refractivity contribution in [2.45, 2.75) is 30.3 Å². The fourth-order valence-electron chi connectivity index (χ4n) is 2.99. The van der Waals surface area contributed by atoms with Crippen molar-refractivity contribution in [2.24, 2.45) is 7.05 Å². The number of hydrogen-bond acceptors (Lipinski definition) is 6. The third-order valence-electron chi connectivity index (χ3n) is 4.41. The topological polar surface area (TPSA) is 55.2 Å². The van der Waals surface area contributed by atoms with E-state index in [2.05, 4.69) is 16.4 Å². The highest BCUT2D eigenvalue weighted by Gasteiger charge is 2.27. The van der Waals surface area contributed by atoms with Gasteiger partial charge < -0.3 is 4.90 Å². The number of aromatic nitrogens is 2. The molecule has 0 N–H and O–H groups in total. The molecule has 130 valence electrons. The molecule has 1 atom stereocenters. The minimum atomic E-state index is -0.282. The Hall–Kier alpha value is -1.64. The Labute approximate surface area is 157 Å². The quantitative estimate of drug-likeness (QED) is 0.508. The van der Waals surface area contributed by atoms with E-state index in [1.807, 2.05) is 17.2 Å². The molecule has 8 heteroatoms. The first-order chi connectivity index (χ1) is 12.0. The second kappa shape index (κ2) is 6.59. The van der Waals surface area contributed by atoms with Crippen LogP contribution in [0.2, 0.25) is 0 Å². The van der Waals surface area contributed by atoms with Crippen LogP contribution >= 0.6 is 34.4 Å². The van der Waals surface area contributed by atoms with Gasteiger partial charge in [-0.15, -0.1) is 22.7 Å². The van der Waals surface area contributed by atoms with E-state index in [1.165, 1.54) is 38.1 Å². The highest BCUT2D eigenvalue weighted by atomic mass is 32.2. The van der Waals surface area contributed by atoms with E-state index in [1.54, 1.807) is 24.5 Å². The SMILES string of the molecule is CC(Sc1nc2sccc2c(=O)n1C)C(=O)N1CCc2sccc2C1. The van der Waals surface area contributed by atoms with Crippen molar-refractivity contribution in [2.75, 3.05) is 6.54 Å². The molecule has 4 rings (SSSR count). The lowest BCUT2D eigenvalue weighted by Crippen LogP contribution is -2.40. The van der Waals surface area contributed by atoms with Crippen molar-refractivity contribution in [3.63, 3.8) is 0 Å². The summed E-state index contributed by atoms with van der Waals surface area (Å²) in [5.41, 5.74) is 1.20. The Morgan fingerprint density at radius 2 is 2.12 bits per heavy atom. The molecule has 0 radical (unpaired) electrons.